The molecule has 0 aliphatic carbocycles. The third-order valence-corrected chi connectivity index (χ3v) is 6.28. The van der Waals surface area contributed by atoms with Gasteiger partial charge in [0.25, 0.3) is 0 Å². The maximum absolute atomic E-state index is 12.9. The molecular formula is C15H15F5N2O2S2. The number of aliphatic hydroxyl groups excluding tert-OH is 1. The number of anilines is 1. The number of thiazole rings is 1. The van der Waals surface area contributed by atoms with Gasteiger partial charge < -0.3 is 10.0 Å². The second-order valence-electron chi connectivity index (χ2n) is 6.12. The molecule has 4 nitrogen and oxygen atoms in total. The van der Waals surface area contributed by atoms with Crippen molar-refractivity contribution in [2.45, 2.75) is 11.3 Å². The van der Waals surface area contributed by atoms with Crippen molar-refractivity contribution < 1.29 is 29.3 Å². The molecule has 1 atom stereocenters. The molecule has 0 amide bonds. The van der Waals surface area contributed by atoms with Crippen LogP contribution in [0.25, 0.3) is 0 Å². The lowest BCUT2D eigenvalue weighted by molar-refractivity contribution is 0.104. The van der Waals surface area contributed by atoms with Gasteiger partial charge in [0, 0.05) is 31.2 Å². The third-order valence-electron chi connectivity index (χ3n) is 4.07. The van der Waals surface area contributed by atoms with Crippen LogP contribution in [0.3, 0.4) is 0 Å². The third kappa shape index (κ3) is 3.99. The van der Waals surface area contributed by atoms with Crippen LogP contribution < -0.4 is 4.90 Å². The van der Waals surface area contributed by atoms with E-state index in [1.807, 2.05) is 4.90 Å². The van der Waals surface area contributed by atoms with Crippen molar-refractivity contribution in [3.05, 3.63) is 40.9 Å². The summed E-state index contributed by atoms with van der Waals surface area (Å²) in [6.07, 6.45) is 1.99. The molecule has 1 aromatic heterocycles. The molecule has 3 rings (SSSR count). The lowest BCUT2D eigenvalue weighted by atomic mass is 10.1. The number of halogens is 5. The summed E-state index contributed by atoms with van der Waals surface area (Å²) in [4.78, 5) is 16.3. The molecule has 2 aromatic rings. The Kier molecular flexibility index (Phi) is 4.13. The SMILES string of the molecule is O=C(c1cccc(S(F)(F)(F)(F)F)c1)c1cnc(N2CCC(CO)C2)s1. The minimum Gasteiger partial charge on any atom is -0.396 e. The zero-order chi connectivity index (χ0) is 19.2. The number of carbonyl (C=O) groups excluding carboxylic acids is 1. The highest BCUT2D eigenvalue weighted by Crippen LogP contribution is 3.02. The largest absolute Gasteiger partial charge is 0.396 e. The fourth-order valence-corrected chi connectivity index (χ4v) is 4.29. The number of aromatic nitrogens is 1. The molecule has 1 unspecified atom stereocenters. The maximum atomic E-state index is 12.9. The molecule has 1 saturated heterocycles. The highest BCUT2D eigenvalue weighted by molar-refractivity contribution is 8.45. The number of nitrogens with zero attached hydrogens (tertiary/aromatic N) is 2. The van der Waals surface area contributed by atoms with Crippen LogP contribution >= 0.6 is 21.6 Å². The molecule has 26 heavy (non-hydrogen) atoms. The second kappa shape index (κ2) is 5.64. The number of carbonyl (C=O) groups is 1. The molecule has 0 bridgehead atoms. The van der Waals surface area contributed by atoms with E-state index in [4.69, 9.17) is 5.11 Å². The predicted octanol–water partition coefficient (Wildman–Crippen LogP) is 4.85. The fourth-order valence-electron chi connectivity index (χ4n) is 2.69. The molecule has 1 aromatic carbocycles. The molecule has 2 heterocycles. The molecule has 11 heteroatoms. The van der Waals surface area contributed by atoms with E-state index >= 15 is 0 Å². The van der Waals surface area contributed by atoms with Gasteiger partial charge in [0.15, 0.2) is 5.13 Å². The van der Waals surface area contributed by atoms with Crippen LogP contribution in [-0.2, 0) is 0 Å². The fraction of sp³-hybridized carbons (Fsp3) is 0.333. The van der Waals surface area contributed by atoms with Crippen LogP contribution in [-0.4, -0.2) is 35.6 Å². The lowest BCUT2D eigenvalue weighted by Crippen LogP contribution is -2.20. The smallest absolute Gasteiger partial charge is 0.310 e. The predicted molar refractivity (Wildman–Crippen MR) is 90.8 cm³/mol. The minimum atomic E-state index is -9.85. The van der Waals surface area contributed by atoms with E-state index in [9.17, 15) is 24.2 Å². The first-order valence-electron chi connectivity index (χ1n) is 7.58. The van der Waals surface area contributed by atoms with Crippen LogP contribution in [0.5, 0.6) is 0 Å². The van der Waals surface area contributed by atoms with Crippen molar-refractivity contribution in [2.75, 3.05) is 24.6 Å². The summed E-state index contributed by atoms with van der Waals surface area (Å²) in [5.74, 6) is -0.692. The molecule has 0 spiro atoms. The number of hydrogen-bond acceptors (Lipinski definition) is 5. The van der Waals surface area contributed by atoms with Gasteiger partial charge in [-0.25, -0.2) is 4.98 Å². The van der Waals surface area contributed by atoms with Gasteiger partial charge in [-0.05, 0) is 18.6 Å². The highest BCUT2D eigenvalue weighted by atomic mass is 32.5. The zero-order valence-corrected chi connectivity index (χ0v) is 14.9. The molecular weight excluding hydrogens is 399 g/mol. The van der Waals surface area contributed by atoms with Crippen LogP contribution in [0.1, 0.15) is 21.7 Å². The summed E-state index contributed by atoms with van der Waals surface area (Å²) in [6.45, 7) is 1.25. The Morgan fingerprint density at radius 3 is 2.65 bits per heavy atom. The Morgan fingerprint density at radius 1 is 1.31 bits per heavy atom. The molecule has 144 valence electrons. The lowest BCUT2D eigenvalue weighted by Gasteiger charge is -2.40. The topological polar surface area (TPSA) is 53.4 Å². The van der Waals surface area contributed by atoms with Crippen molar-refractivity contribution in [1.82, 2.24) is 4.98 Å². The normalized spacial score (nSPS) is 20.7. The van der Waals surface area contributed by atoms with Gasteiger partial charge in [-0.3, -0.25) is 4.79 Å². The van der Waals surface area contributed by atoms with Gasteiger partial charge in [0.2, 0.25) is 5.78 Å². The first kappa shape index (κ1) is 19.1. The van der Waals surface area contributed by atoms with Crippen LogP contribution in [0.2, 0.25) is 0 Å². The molecule has 1 N–H and O–H groups in total. The average molecular weight is 414 g/mol. The number of rotatable bonds is 5. The Balaban J connectivity index is 1.85. The van der Waals surface area contributed by atoms with Crippen molar-refractivity contribution in [3.8, 4) is 0 Å². The van der Waals surface area contributed by atoms with Crippen molar-refractivity contribution in [1.29, 1.82) is 0 Å². The Labute approximate surface area is 150 Å². The maximum Gasteiger partial charge on any atom is 0.310 e. The molecule has 1 aliphatic rings. The Hall–Kier alpha value is -1.72. The summed E-state index contributed by atoms with van der Waals surface area (Å²) >= 11 is 0.982. The van der Waals surface area contributed by atoms with Crippen molar-refractivity contribution >= 4 is 32.5 Å². The summed E-state index contributed by atoms with van der Waals surface area (Å²) in [6, 6.07) is 2.29. The minimum absolute atomic E-state index is 0.0365. The van der Waals surface area contributed by atoms with E-state index in [0.29, 0.717) is 18.2 Å². The number of aliphatic hydroxyl groups is 1. The number of ketones is 1. The second-order valence-corrected chi connectivity index (χ2v) is 9.53. The van der Waals surface area contributed by atoms with E-state index in [2.05, 4.69) is 4.98 Å². The van der Waals surface area contributed by atoms with Gasteiger partial charge >= 0.3 is 10.2 Å². The van der Waals surface area contributed by atoms with Gasteiger partial charge in [-0.2, -0.15) is 0 Å². The van der Waals surface area contributed by atoms with E-state index in [0.717, 1.165) is 29.9 Å². The van der Waals surface area contributed by atoms with Crippen LogP contribution in [0.15, 0.2) is 35.4 Å². The molecule has 0 radical (unpaired) electrons. The summed E-state index contributed by atoms with van der Waals surface area (Å²) in [7, 11) is -9.85. The Morgan fingerprint density at radius 2 is 2.04 bits per heavy atom. The summed E-state index contributed by atoms with van der Waals surface area (Å²) in [5.41, 5.74) is -0.472. The van der Waals surface area contributed by atoms with Gasteiger partial charge in [0.05, 0.1) is 11.1 Å². The van der Waals surface area contributed by atoms with Crippen molar-refractivity contribution in [3.63, 3.8) is 0 Å². The first-order chi connectivity index (χ1) is 11.9. The number of hydrogen-bond donors (Lipinski definition) is 1. The molecule has 0 saturated carbocycles. The van der Waals surface area contributed by atoms with E-state index in [1.54, 1.807) is 0 Å². The van der Waals surface area contributed by atoms with Gasteiger partial charge in [-0.15, -0.1) is 0 Å². The van der Waals surface area contributed by atoms with Gasteiger partial charge in [0.1, 0.15) is 4.90 Å². The summed E-state index contributed by atoms with van der Waals surface area (Å²) < 4.78 is 64.6. The van der Waals surface area contributed by atoms with Crippen LogP contribution in [0.4, 0.5) is 24.6 Å². The zero-order valence-electron chi connectivity index (χ0n) is 13.2. The highest BCUT2D eigenvalue weighted by Gasteiger charge is 2.65. The van der Waals surface area contributed by atoms with E-state index < -0.39 is 26.5 Å². The molecule has 1 aliphatic heterocycles. The summed E-state index contributed by atoms with van der Waals surface area (Å²) in [5, 5.41) is 9.67. The van der Waals surface area contributed by atoms with E-state index in [1.165, 1.54) is 6.20 Å². The Bertz CT molecular complexity index is 854. The van der Waals surface area contributed by atoms with Crippen molar-refractivity contribution in [2.24, 2.45) is 5.92 Å². The monoisotopic (exact) mass is 414 g/mol. The molecule has 1 fully saturated rings. The van der Waals surface area contributed by atoms with Gasteiger partial charge in [-0.1, -0.05) is 42.9 Å². The quantitative estimate of drug-likeness (QED) is 0.561. The van der Waals surface area contributed by atoms with E-state index in [-0.39, 0.29) is 29.5 Å². The number of benzene rings is 1. The van der Waals surface area contributed by atoms with Crippen LogP contribution in [0, 0.1) is 5.92 Å². The standard InChI is InChI=1S/C15H15F5N2O2S2/c16-26(17,18,19,20)12-3-1-2-11(6-12)14(24)13-7-21-15(25-13)22-5-4-10(8-22)9-23/h1-3,6-7,10,23H,4-5,8-9H2. The average Bonchev–Trinajstić information content (AvgIpc) is 3.21. The first-order valence-corrected chi connectivity index (χ1v) is 10.3.